The fraction of sp³-hybridized carbons (Fsp3) is 0.400. The van der Waals surface area contributed by atoms with E-state index in [9.17, 15) is 15.0 Å². The summed E-state index contributed by atoms with van der Waals surface area (Å²) < 4.78 is 0. The van der Waals surface area contributed by atoms with Crippen LogP contribution in [0.4, 0.5) is 0 Å². The average Bonchev–Trinajstić information content (AvgIpc) is 2.38. The topological polar surface area (TPSA) is 139 Å². The van der Waals surface area contributed by atoms with Gasteiger partial charge in [0, 0.05) is 23.2 Å². The summed E-state index contributed by atoms with van der Waals surface area (Å²) in [7, 11) is 0. The van der Waals surface area contributed by atoms with E-state index in [1.807, 2.05) is 0 Å². The minimum Gasteiger partial charge on any atom is -0.478 e. The predicted molar refractivity (Wildman–Crippen MR) is 65.8 cm³/mol. The Morgan fingerprint density at radius 2 is 2.26 bits per heavy atom. The van der Waals surface area contributed by atoms with Gasteiger partial charge < -0.3 is 15.3 Å². The van der Waals surface area contributed by atoms with E-state index >= 15 is 0 Å². The maximum absolute atomic E-state index is 10.8. The van der Waals surface area contributed by atoms with Crippen molar-refractivity contribution in [3.63, 3.8) is 0 Å². The average molecular weight is 287 g/mol. The van der Waals surface area contributed by atoms with Gasteiger partial charge in [-0.2, -0.15) is 0 Å². The van der Waals surface area contributed by atoms with Crippen LogP contribution in [-0.2, 0) is 0 Å². The number of aromatic carboxylic acids is 1. The number of halogens is 1. The lowest BCUT2D eigenvalue weighted by Gasteiger charge is -2.18. The number of aromatic nitrogens is 1. The Hall–Kier alpha value is -1.86. The summed E-state index contributed by atoms with van der Waals surface area (Å²) in [6, 6.07) is 1.14. The van der Waals surface area contributed by atoms with Crippen LogP contribution in [-0.4, -0.2) is 38.9 Å². The van der Waals surface area contributed by atoms with E-state index in [4.69, 9.17) is 22.2 Å². The number of pyridine rings is 1. The molecule has 8 nitrogen and oxygen atoms in total. The number of aliphatic hydroxyl groups is 2. The lowest BCUT2D eigenvalue weighted by Crippen LogP contribution is -2.20. The third-order valence-electron chi connectivity index (χ3n) is 2.38. The maximum Gasteiger partial charge on any atom is 0.337 e. The van der Waals surface area contributed by atoms with Crippen LogP contribution in [0.3, 0.4) is 0 Å². The highest BCUT2D eigenvalue weighted by atomic mass is 35.5. The SMILES string of the molecule is [N-]=[N+]=NCCC(O)C(O)c1cc(C(=O)O)cnc1Cl. The molecule has 9 heteroatoms. The number of hydrogen-bond donors (Lipinski definition) is 3. The summed E-state index contributed by atoms with van der Waals surface area (Å²) in [6.07, 6.45) is -1.59. The van der Waals surface area contributed by atoms with Crippen molar-refractivity contribution in [2.75, 3.05) is 6.54 Å². The second kappa shape index (κ2) is 6.91. The molecular weight excluding hydrogens is 276 g/mol. The van der Waals surface area contributed by atoms with Crippen molar-refractivity contribution in [1.29, 1.82) is 0 Å². The number of nitrogens with zero attached hydrogens (tertiary/aromatic N) is 4. The molecule has 19 heavy (non-hydrogen) atoms. The number of azide groups is 1. The molecule has 102 valence electrons. The minimum atomic E-state index is -1.41. The number of carboxylic acid groups (broad SMARTS) is 1. The first kappa shape index (κ1) is 15.2. The molecule has 1 heterocycles. The van der Waals surface area contributed by atoms with Gasteiger partial charge in [0.2, 0.25) is 0 Å². The first-order chi connectivity index (χ1) is 8.97. The van der Waals surface area contributed by atoms with Gasteiger partial charge in [0.15, 0.2) is 0 Å². The van der Waals surface area contributed by atoms with Gasteiger partial charge in [0.05, 0.1) is 11.7 Å². The van der Waals surface area contributed by atoms with Crippen molar-refractivity contribution in [2.24, 2.45) is 5.11 Å². The van der Waals surface area contributed by atoms with Gasteiger partial charge in [0.1, 0.15) is 11.3 Å². The molecule has 0 bridgehead atoms. The van der Waals surface area contributed by atoms with Gasteiger partial charge in [-0.15, -0.1) is 0 Å². The normalized spacial score (nSPS) is 13.4. The van der Waals surface area contributed by atoms with Gasteiger partial charge in [-0.1, -0.05) is 16.7 Å². The molecule has 2 atom stereocenters. The first-order valence-electron chi connectivity index (χ1n) is 5.23. The molecule has 0 spiro atoms. The van der Waals surface area contributed by atoms with E-state index < -0.39 is 18.2 Å². The lowest BCUT2D eigenvalue weighted by atomic mass is 10.0. The second-order valence-electron chi connectivity index (χ2n) is 3.66. The summed E-state index contributed by atoms with van der Waals surface area (Å²) >= 11 is 5.74. The van der Waals surface area contributed by atoms with Crippen molar-refractivity contribution in [1.82, 2.24) is 4.98 Å². The van der Waals surface area contributed by atoms with Crippen LogP contribution in [0, 0.1) is 0 Å². The molecule has 3 N–H and O–H groups in total. The molecule has 0 aromatic carbocycles. The van der Waals surface area contributed by atoms with Crippen LogP contribution < -0.4 is 0 Å². The molecule has 1 rings (SSSR count). The summed E-state index contributed by atoms with van der Waals surface area (Å²) in [5, 5.41) is 31.5. The van der Waals surface area contributed by atoms with Crippen molar-refractivity contribution in [3.8, 4) is 0 Å². The van der Waals surface area contributed by atoms with E-state index in [2.05, 4.69) is 15.0 Å². The lowest BCUT2D eigenvalue weighted by molar-refractivity contribution is 0.0148. The van der Waals surface area contributed by atoms with Gasteiger partial charge in [-0.3, -0.25) is 0 Å². The number of carbonyl (C=O) groups is 1. The Labute approximate surface area is 112 Å². The predicted octanol–water partition coefficient (Wildman–Crippen LogP) is 1.53. The highest BCUT2D eigenvalue weighted by Gasteiger charge is 2.22. The highest BCUT2D eigenvalue weighted by Crippen LogP contribution is 2.25. The van der Waals surface area contributed by atoms with Crippen LogP contribution in [0.15, 0.2) is 17.4 Å². The van der Waals surface area contributed by atoms with E-state index in [1.165, 1.54) is 0 Å². The second-order valence-corrected chi connectivity index (χ2v) is 4.02. The molecule has 0 aliphatic rings. The van der Waals surface area contributed by atoms with E-state index in [0.717, 1.165) is 12.3 Å². The van der Waals surface area contributed by atoms with E-state index in [1.54, 1.807) is 0 Å². The Bertz CT molecular complexity index is 518. The summed E-state index contributed by atoms with van der Waals surface area (Å²) in [4.78, 5) is 16.9. The summed E-state index contributed by atoms with van der Waals surface area (Å²) in [5.74, 6) is -1.22. The molecule has 1 aromatic rings. The van der Waals surface area contributed by atoms with Crippen molar-refractivity contribution in [3.05, 3.63) is 39.0 Å². The Morgan fingerprint density at radius 3 is 2.84 bits per heavy atom. The fourth-order valence-corrected chi connectivity index (χ4v) is 1.60. The smallest absolute Gasteiger partial charge is 0.337 e. The largest absolute Gasteiger partial charge is 0.478 e. The monoisotopic (exact) mass is 286 g/mol. The molecule has 0 fully saturated rings. The number of carboxylic acids is 1. The molecule has 1 aromatic heterocycles. The van der Waals surface area contributed by atoms with Crippen molar-refractivity contribution >= 4 is 17.6 Å². The molecule has 0 saturated heterocycles. The summed E-state index contributed by atoms with van der Waals surface area (Å²) in [6.45, 7) is -0.00159. The zero-order valence-electron chi connectivity index (χ0n) is 9.64. The zero-order chi connectivity index (χ0) is 14.4. The van der Waals surface area contributed by atoms with E-state index in [-0.39, 0.29) is 29.2 Å². The standard InChI is InChI=1S/C10H11ClN4O4/c11-9-6(3-5(4-13-9)10(18)19)8(17)7(16)1-2-14-15-12/h3-4,7-8,16-17H,1-2H2,(H,18,19). The Balaban J connectivity index is 2.91. The number of hydrogen-bond acceptors (Lipinski definition) is 5. The molecule has 0 radical (unpaired) electrons. The highest BCUT2D eigenvalue weighted by molar-refractivity contribution is 6.30. The van der Waals surface area contributed by atoms with Gasteiger partial charge in [-0.05, 0) is 18.0 Å². The van der Waals surface area contributed by atoms with E-state index in [0.29, 0.717) is 0 Å². The van der Waals surface area contributed by atoms with Crippen LogP contribution in [0.2, 0.25) is 5.15 Å². The number of aliphatic hydroxyl groups excluding tert-OH is 2. The van der Waals surface area contributed by atoms with Gasteiger partial charge >= 0.3 is 5.97 Å². The van der Waals surface area contributed by atoms with Crippen LogP contribution >= 0.6 is 11.6 Å². The number of rotatable bonds is 6. The molecule has 0 amide bonds. The molecular formula is C10H11ClN4O4. The molecule has 2 unspecified atom stereocenters. The third-order valence-corrected chi connectivity index (χ3v) is 2.70. The first-order valence-corrected chi connectivity index (χ1v) is 5.61. The van der Waals surface area contributed by atoms with Crippen molar-refractivity contribution in [2.45, 2.75) is 18.6 Å². The van der Waals surface area contributed by atoms with Gasteiger partial charge in [0.25, 0.3) is 0 Å². The van der Waals surface area contributed by atoms with Crippen LogP contribution in [0.5, 0.6) is 0 Å². The fourth-order valence-electron chi connectivity index (χ4n) is 1.39. The maximum atomic E-state index is 10.8. The molecule has 0 aliphatic carbocycles. The zero-order valence-corrected chi connectivity index (χ0v) is 10.4. The Morgan fingerprint density at radius 1 is 1.58 bits per heavy atom. The summed E-state index contributed by atoms with van der Waals surface area (Å²) in [5.41, 5.74) is 7.95. The molecule has 0 aliphatic heterocycles. The van der Waals surface area contributed by atoms with Crippen LogP contribution in [0.1, 0.15) is 28.4 Å². The van der Waals surface area contributed by atoms with Gasteiger partial charge in [-0.25, -0.2) is 9.78 Å². The third kappa shape index (κ3) is 4.08. The van der Waals surface area contributed by atoms with Crippen molar-refractivity contribution < 1.29 is 20.1 Å². The molecule has 0 saturated carbocycles. The quantitative estimate of drug-likeness (QED) is 0.315. The minimum absolute atomic E-state index is 0.00159. The Kier molecular flexibility index (Phi) is 5.53. The van der Waals surface area contributed by atoms with Crippen LogP contribution in [0.25, 0.3) is 10.4 Å².